The van der Waals surface area contributed by atoms with Crippen LogP contribution in [0.1, 0.15) is 17.5 Å². The molecule has 4 aromatic heterocycles. The Balaban J connectivity index is 1.52. The summed E-state index contributed by atoms with van der Waals surface area (Å²) < 4.78 is 7.19. The summed E-state index contributed by atoms with van der Waals surface area (Å²) in [5.74, 6) is 1.76. The highest BCUT2D eigenvalue weighted by molar-refractivity contribution is 5.78. The summed E-state index contributed by atoms with van der Waals surface area (Å²) in [4.78, 5) is 20.9. The molecule has 172 valence electrons. The molecule has 4 heterocycles. The van der Waals surface area contributed by atoms with Crippen LogP contribution in [-0.4, -0.2) is 41.7 Å². The van der Waals surface area contributed by atoms with Crippen LogP contribution in [0.4, 0.5) is 17.3 Å². The van der Waals surface area contributed by atoms with E-state index in [0.717, 1.165) is 5.56 Å². The van der Waals surface area contributed by atoms with Gasteiger partial charge in [-0.1, -0.05) is 30.3 Å². The lowest BCUT2D eigenvalue weighted by atomic mass is 10.1. The summed E-state index contributed by atoms with van der Waals surface area (Å²) in [6.07, 6.45) is 1.61. The fourth-order valence-corrected chi connectivity index (χ4v) is 3.67. The van der Waals surface area contributed by atoms with Crippen molar-refractivity contribution in [2.24, 2.45) is 7.05 Å². The van der Waals surface area contributed by atoms with Crippen LogP contribution < -0.4 is 16.2 Å². The van der Waals surface area contributed by atoms with Gasteiger partial charge in [0.05, 0.1) is 29.3 Å². The first-order valence-corrected chi connectivity index (χ1v) is 10.6. The Bertz CT molecular complexity index is 1510. The zero-order valence-electron chi connectivity index (χ0n) is 18.5. The first-order valence-electron chi connectivity index (χ1n) is 10.6. The van der Waals surface area contributed by atoms with E-state index < -0.39 is 0 Å². The summed E-state index contributed by atoms with van der Waals surface area (Å²) in [5.41, 5.74) is 2.48. The Hall–Kier alpha value is -4.51. The topological polar surface area (TPSA) is 147 Å². The van der Waals surface area contributed by atoms with E-state index >= 15 is 0 Å². The van der Waals surface area contributed by atoms with Crippen LogP contribution in [0.25, 0.3) is 22.5 Å². The van der Waals surface area contributed by atoms with Gasteiger partial charge in [0.2, 0.25) is 5.89 Å². The number of nitrogens with zero attached hydrogens (tertiary/aromatic N) is 5. The van der Waals surface area contributed by atoms with Crippen molar-refractivity contribution < 1.29 is 9.52 Å². The third-order valence-corrected chi connectivity index (χ3v) is 5.34. The zero-order chi connectivity index (χ0) is 23.7. The number of fused-ring (bicyclic) bond motifs is 1. The van der Waals surface area contributed by atoms with Crippen molar-refractivity contribution in [3.05, 3.63) is 76.5 Å². The fraction of sp³-hybridized carbons (Fsp3) is 0.174. The number of aliphatic hydroxyl groups is 1. The molecule has 11 heteroatoms. The second-order valence-electron chi connectivity index (χ2n) is 7.72. The van der Waals surface area contributed by atoms with Gasteiger partial charge in [-0.3, -0.25) is 14.6 Å². The Morgan fingerprint density at radius 1 is 1.15 bits per heavy atom. The van der Waals surface area contributed by atoms with Crippen LogP contribution in [0, 0.1) is 6.92 Å². The molecule has 0 aliphatic heterocycles. The highest BCUT2D eigenvalue weighted by atomic mass is 16.4. The van der Waals surface area contributed by atoms with Gasteiger partial charge in [0.1, 0.15) is 11.6 Å². The lowest BCUT2D eigenvalue weighted by Crippen LogP contribution is -2.15. The fourth-order valence-electron chi connectivity index (χ4n) is 3.67. The molecule has 4 N–H and O–H groups in total. The quantitative estimate of drug-likeness (QED) is 0.289. The minimum absolute atomic E-state index is 0.128. The molecule has 0 saturated carbocycles. The van der Waals surface area contributed by atoms with E-state index in [1.807, 2.05) is 30.3 Å². The van der Waals surface area contributed by atoms with Gasteiger partial charge >= 0.3 is 0 Å². The standard InChI is InChI=1S/C23H22N8O3/c1-13-28-29-23(34-13)16-11-24-20(10-17(16)25-18(12-32)14-6-4-3-5-7-14)26-19-9-8-15-21(27-19)31(2)30-22(15)33/h3-11,18,32H,12H2,1-2H3,(H,30,33)(H2,24,25,26,27)/t18-/m1/s1. The predicted molar refractivity (Wildman–Crippen MR) is 127 cm³/mol. The van der Waals surface area contributed by atoms with Crippen LogP contribution in [0.15, 0.2) is 63.9 Å². The monoisotopic (exact) mass is 458 g/mol. The molecule has 0 saturated heterocycles. The number of aliphatic hydroxyl groups excluding tert-OH is 1. The largest absolute Gasteiger partial charge is 0.421 e. The normalized spacial score (nSPS) is 12.1. The van der Waals surface area contributed by atoms with E-state index in [2.05, 4.69) is 35.9 Å². The molecule has 0 unspecified atom stereocenters. The molecule has 5 aromatic rings. The first kappa shape index (κ1) is 21.3. The molecule has 0 aliphatic rings. The molecular weight excluding hydrogens is 436 g/mol. The van der Waals surface area contributed by atoms with E-state index in [4.69, 9.17) is 4.42 Å². The average Bonchev–Trinajstić information content (AvgIpc) is 3.40. The van der Waals surface area contributed by atoms with Crippen molar-refractivity contribution in [2.75, 3.05) is 17.2 Å². The zero-order valence-corrected chi connectivity index (χ0v) is 18.5. The Kier molecular flexibility index (Phi) is 5.52. The van der Waals surface area contributed by atoms with E-state index in [0.29, 0.717) is 45.7 Å². The number of aromatic nitrogens is 6. The molecule has 0 radical (unpaired) electrons. The summed E-state index contributed by atoms with van der Waals surface area (Å²) in [5, 5.41) is 27.8. The van der Waals surface area contributed by atoms with E-state index in [1.54, 1.807) is 43.0 Å². The lowest BCUT2D eigenvalue weighted by Gasteiger charge is -2.20. The maximum Gasteiger partial charge on any atom is 0.273 e. The van der Waals surface area contributed by atoms with E-state index in [1.165, 1.54) is 0 Å². The molecule has 5 rings (SSSR count). The van der Waals surface area contributed by atoms with Crippen LogP contribution in [-0.2, 0) is 7.05 Å². The summed E-state index contributed by atoms with van der Waals surface area (Å²) >= 11 is 0. The van der Waals surface area contributed by atoms with Crippen molar-refractivity contribution in [1.29, 1.82) is 0 Å². The smallest absolute Gasteiger partial charge is 0.273 e. The van der Waals surface area contributed by atoms with Gasteiger partial charge in [0, 0.05) is 26.2 Å². The average molecular weight is 458 g/mol. The Labute approximate surface area is 193 Å². The van der Waals surface area contributed by atoms with E-state index in [9.17, 15) is 9.90 Å². The van der Waals surface area contributed by atoms with Crippen molar-refractivity contribution in [3.63, 3.8) is 0 Å². The number of H-pyrrole nitrogens is 1. The minimum Gasteiger partial charge on any atom is -0.421 e. The lowest BCUT2D eigenvalue weighted by molar-refractivity contribution is 0.276. The molecule has 1 aromatic carbocycles. The van der Waals surface area contributed by atoms with Crippen LogP contribution >= 0.6 is 0 Å². The molecule has 0 spiro atoms. The summed E-state index contributed by atoms with van der Waals surface area (Å²) in [7, 11) is 1.72. The number of hydrogen-bond donors (Lipinski definition) is 4. The Morgan fingerprint density at radius 3 is 2.71 bits per heavy atom. The number of hydrogen-bond acceptors (Lipinski definition) is 9. The van der Waals surface area contributed by atoms with Gasteiger partial charge in [0.15, 0.2) is 5.65 Å². The van der Waals surface area contributed by atoms with Crippen LogP contribution in [0.5, 0.6) is 0 Å². The third kappa shape index (κ3) is 4.11. The molecule has 1 atom stereocenters. The van der Waals surface area contributed by atoms with Gasteiger partial charge in [-0.2, -0.15) is 0 Å². The molecule has 11 nitrogen and oxygen atoms in total. The number of nitrogens with one attached hydrogen (secondary N) is 3. The minimum atomic E-state index is -0.372. The van der Waals surface area contributed by atoms with Gasteiger partial charge in [-0.25, -0.2) is 9.97 Å². The van der Waals surface area contributed by atoms with Gasteiger partial charge in [-0.15, -0.1) is 10.2 Å². The second kappa shape index (κ2) is 8.79. The van der Waals surface area contributed by atoms with Gasteiger partial charge in [0.25, 0.3) is 11.4 Å². The van der Waals surface area contributed by atoms with Crippen LogP contribution in [0.2, 0.25) is 0 Å². The van der Waals surface area contributed by atoms with Crippen molar-refractivity contribution >= 4 is 28.4 Å². The maximum absolute atomic E-state index is 11.9. The highest BCUT2D eigenvalue weighted by Gasteiger charge is 2.18. The molecule has 34 heavy (non-hydrogen) atoms. The number of aryl methyl sites for hydroxylation is 2. The van der Waals surface area contributed by atoms with E-state index in [-0.39, 0.29) is 18.2 Å². The third-order valence-electron chi connectivity index (χ3n) is 5.34. The maximum atomic E-state index is 11.9. The number of aromatic amines is 1. The van der Waals surface area contributed by atoms with Crippen molar-refractivity contribution in [1.82, 2.24) is 29.9 Å². The SMILES string of the molecule is Cc1nnc(-c2cnc(Nc3ccc4c(=O)[nH]n(C)c4n3)cc2N[C@H](CO)c2ccccc2)o1. The van der Waals surface area contributed by atoms with Crippen LogP contribution in [0.3, 0.4) is 0 Å². The molecule has 0 aliphatic carbocycles. The predicted octanol–water partition coefficient (Wildman–Crippen LogP) is 2.90. The van der Waals surface area contributed by atoms with Gasteiger partial charge < -0.3 is 20.2 Å². The number of pyridine rings is 2. The molecule has 0 amide bonds. The summed E-state index contributed by atoms with van der Waals surface area (Å²) in [6.45, 7) is 1.58. The molecular formula is C23H22N8O3. The second-order valence-corrected chi connectivity index (χ2v) is 7.72. The Morgan fingerprint density at radius 2 is 1.97 bits per heavy atom. The van der Waals surface area contributed by atoms with Crippen molar-refractivity contribution in [2.45, 2.75) is 13.0 Å². The number of anilines is 3. The van der Waals surface area contributed by atoms with Gasteiger partial charge in [-0.05, 0) is 17.7 Å². The first-order chi connectivity index (χ1) is 16.5. The van der Waals surface area contributed by atoms with Crippen molar-refractivity contribution in [3.8, 4) is 11.5 Å². The number of benzene rings is 1. The molecule has 0 fully saturated rings. The highest BCUT2D eigenvalue weighted by Crippen LogP contribution is 2.32. The number of rotatable bonds is 7. The molecule has 0 bridgehead atoms. The summed E-state index contributed by atoms with van der Waals surface area (Å²) in [6, 6.07) is 14.4.